The van der Waals surface area contributed by atoms with Crippen molar-refractivity contribution in [3.8, 4) is 0 Å². The Hall–Kier alpha value is -1.26. The van der Waals surface area contributed by atoms with E-state index in [1.165, 1.54) is 22.5 Å². The summed E-state index contributed by atoms with van der Waals surface area (Å²) in [6, 6.07) is 10.3. The second-order valence-electron chi connectivity index (χ2n) is 4.36. The van der Waals surface area contributed by atoms with Gasteiger partial charge in [0.1, 0.15) is 4.88 Å². The summed E-state index contributed by atoms with van der Waals surface area (Å²) in [6.45, 7) is 0. The Kier molecular flexibility index (Phi) is 3.14. The summed E-state index contributed by atoms with van der Waals surface area (Å²) in [5.41, 5.74) is 2.92. The molecule has 4 heteroatoms. The fraction of sp³-hybridized carbons (Fsp3) is 0.214. The van der Waals surface area contributed by atoms with E-state index in [2.05, 4.69) is 24.3 Å². The molecule has 1 aliphatic rings. The van der Waals surface area contributed by atoms with Crippen LogP contribution in [0.3, 0.4) is 0 Å². The van der Waals surface area contributed by atoms with E-state index in [1.54, 1.807) is 17.8 Å². The lowest BCUT2D eigenvalue weighted by molar-refractivity contribution is 0.0702. The van der Waals surface area contributed by atoms with Crippen molar-refractivity contribution in [1.29, 1.82) is 0 Å². The van der Waals surface area contributed by atoms with Gasteiger partial charge in [-0.3, -0.25) is 0 Å². The van der Waals surface area contributed by atoms with Crippen molar-refractivity contribution in [2.24, 2.45) is 0 Å². The fourth-order valence-electron chi connectivity index (χ4n) is 2.21. The molecule has 0 fully saturated rings. The zero-order chi connectivity index (χ0) is 12.5. The maximum Gasteiger partial charge on any atom is 0.345 e. The summed E-state index contributed by atoms with van der Waals surface area (Å²) < 4.78 is 0. The molecule has 1 aliphatic carbocycles. The maximum atomic E-state index is 10.8. The number of thiophene rings is 1. The Bertz CT molecular complexity index is 589. The summed E-state index contributed by atoms with van der Waals surface area (Å²) in [7, 11) is 0. The van der Waals surface area contributed by atoms with Gasteiger partial charge in [0.15, 0.2) is 0 Å². The highest BCUT2D eigenvalue weighted by Gasteiger charge is 2.25. The molecule has 1 unspecified atom stereocenters. The van der Waals surface area contributed by atoms with Gasteiger partial charge in [-0.2, -0.15) is 0 Å². The highest BCUT2D eigenvalue weighted by Crippen LogP contribution is 2.39. The van der Waals surface area contributed by atoms with Gasteiger partial charge in [0, 0.05) is 16.0 Å². The van der Waals surface area contributed by atoms with Crippen molar-refractivity contribution in [2.45, 2.75) is 17.2 Å². The summed E-state index contributed by atoms with van der Waals surface area (Å²) >= 11 is 3.05. The average Bonchev–Trinajstić information content (AvgIpc) is 2.79. The fourth-order valence-corrected chi connectivity index (χ4v) is 4.21. The second-order valence-corrected chi connectivity index (χ2v) is 6.37. The largest absolute Gasteiger partial charge is 0.477 e. The standard InChI is InChI=1S/C14H12O2S2/c15-14(16)13-6-11(8-18-13)17-7-10-5-9-3-1-2-4-12(9)10/h1-4,6,8,10H,5,7H2,(H,15,16). The van der Waals surface area contributed by atoms with Gasteiger partial charge in [-0.05, 0) is 29.5 Å². The summed E-state index contributed by atoms with van der Waals surface area (Å²) in [5.74, 6) is 0.826. The number of hydrogen-bond acceptors (Lipinski definition) is 3. The van der Waals surface area contributed by atoms with Crippen LogP contribution in [0.5, 0.6) is 0 Å². The van der Waals surface area contributed by atoms with Gasteiger partial charge in [-0.1, -0.05) is 24.3 Å². The number of carboxylic acids is 1. The van der Waals surface area contributed by atoms with Crippen LogP contribution in [0.4, 0.5) is 0 Å². The molecule has 0 aliphatic heterocycles. The number of aromatic carboxylic acids is 1. The lowest BCUT2D eigenvalue weighted by Crippen LogP contribution is -2.18. The molecule has 0 saturated carbocycles. The van der Waals surface area contributed by atoms with Crippen LogP contribution in [-0.4, -0.2) is 16.8 Å². The minimum absolute atomic E-state index is 0.423. The van der Waals surface area contributed by atoms with Crippen molar-refractivity contribution < 1.29 is 9.90 Å². The summed E-state index contributed by atoms with van der Waals surface area (Å²) in [5, 5.41) is 10.8. The van der Waals surface area contributed by atoms with Gasteiger partial charge in [-0.25, -0.2) is 4.79 Å². The Morgan fingerprint density at radius 1 is 1.44 bits per heavy atom. The molecule has 1 atom stereocenters. The van der Waals surface area contributed by atoms with Crippen molar-refractivity contribution in [3.05, 3.63) is 51.7 Å². The summed E-state index contributed by atoms with van der Waals surface area (Å²) in [6.07, 6.45) is 1.15. The Labute approximate surface area is 114 Å². The van der Waals surface area contributed by atoms with Crippen LogP contribution in [0, 0.1) is 0 Å². The normalized spacial score (nSPS) is 17.0. The van der Waals surface area contributed by atoms with Gasteiger partial charge >= 0.3 is 5.97 Å². The maximum absolute atomic E-state index is 10.8. The second kappa shape index (κ2) is 4.78. The highest BCUT2D eigenvalue weighted by atomic mass is 32.2. The molecule has 0 spiro atoms. The van der Waals surface area contributed by atoms with Crippen LogP contribution in [0.15, 0.2) is 40.6 Å². The van der Waals surface area contributed by atoms with E-state index < -0.39 is 5.97 Å². The van der Waals surface area contributed by atoms with E-state index in [0.717, 1.165) is 17.1 Å². The minimum atomic E-state index is -0.833. The van der Waals surface area contributed by atoms with Gasteiger partial charge < -0.3 is 5.11 Å². The molecule has 1 N–H and O–H groups in total. The SMILES string of the molecule is O=C(O)c1cc(SCC2Cc3ccccc32)cs1. The third-order valence-corrected chi connectivity index (χ3v) is 5.40. The number of fused-ring (bicyclic) bond motifs is 1. The van der Waals surface area contributed by atoms with Gasteiger partial charge in [0.05, 0.1) is 0 Å². The molecule has 0 amide bonds. The van der Waals surface area contributed by atoms with Crippen molar-refractivity contribution in [3.63, 3.8) is 0 Å². The van der Waals surface area contributed by atoms with Crippen LogP contribution in [-0.2, 0) is 6.42 Å². The number of benzene rings is 1. The van der Waals surface area contributed by atoms with E-state index in [0.29, 0.717) is 10.8 Å². The Morgan fingerprint density at radius 3 is 3.00 bits per heavy atom. The zero-order valence-electron chi connectivity index (χ0n) is 9.63. The molecule has 0 bridgehead atoms. The minimum Gasteiger partial charge on any atom is -0.477 e. The monoisotopic (exact) mass is 276 g/mol. The van der Waals surface area contributed by atoms with Gasteiger partial charge in [0.25, 0.3) is 0 Å². The Morgan fingerprint density at radius 2 is 2.28 bits per heavy atom. The lowest BCUT2D eigenvalue weighted by Gasteiger charge is -2.29. The number of hydrogen-bond donors (Lipinski definition) is 1. The van der Waals surface area contributed by atoms with E-state index >= 15 is 0 Å². The molecule has 1 heterocycles. The predicted molar refractivity (Wildman–Crippen MR) is 74.9 cm³/mol. The van der Waals surface area contributed by atoms with E-state index in [4.69, 9.17) is 5.11 Å². The van der Waals surface area contributed by atoms with Crippen molar-refractivity contribution in [2.75, 3.05) is 5.75 Å². The first-order chi connectivity index (χ1) is 8.74. The molecule has 1 aromatic heterocycles. The number of carboxylic acid groups (broad SMARTS) is 1. The van der Waals surface area contributed by atoms with Crippen LogP contribution < -0.4 is 0 Å². The number of rotatable bonds is 4. The number of carbonyl (C=O) groups is 1. The first-order valence-electron chi connectivity index (χ1n) is 5.76. The molecular formula is C14H12O2S2. The topological polar surface area (TPSA) is 37.3 Å². The molecule has 0 saturated heterocycles. The van der Waals surface area contributed by atoms with Crippen molar-refractivity contribution in [1.82, 2.24) is 0 Å². The van der Waals surface area contributed by atoms with Gasteiger partial charge in [0.2, 0.25) is 0 Å². The molecule has 92 valence electrons. The third kappa shape index (κ3) is 2.18. The van der Waals surface area contributed by atoms with Crippen LogP contribution in [0.25, 0.3) is 0 Å². The zero-order valence-corrected chi connectivity index (χ0v) is 11.3. The molecule has 1 aromatic carbocycles. The van der Waals surface area contributed by atoms with Crippen LogP contribution in [0.1, 0.15) is 26.7 Å². The lowest BCUT2D eigenvalue weighted by atomic mass is 9.79. The van der Waals surface area contributed by atoms with E-state index in [-0.39, 0.29) is 0 Å². The predicted octanol–water partition coefficient (Wildman–Crippen LogP) is 3.88. The van der Waals surface area contributed by atoms with Crippen LogP contribution in [0.2, 0.25) is 0 Å². The van der Waals surface area contributed by atoms with E-state index in [9.17, 15) is 4.79 Å². The van der Waals surface area contributed by atoms with Crippen LogP contribution >= 0.6 is 23.1 Å². The first-order valence-corrected chi connectivity index (χ1v) is 7.63. The average molecular weight is 276 g/mol. The van der Waals surface area contributed by atoms with Gasteiger partial charge in [-0.15, -0.1) is 23.1 Å². The third-order valence-electron chi connectivity index (χ3n) is 3.20. The Balaban J connectivity index is 1.61. The molecule has 18 heavy (non-hydrogen) atoms. The molecule has 3 rings (SSSR count). The molecular weight excluding hydrogens is 264 g/mol. The molecule has 2 aromatic rings. The van der Waals surface area contributed by atoms with Crippen molar-refractivity contribution >= 4 is 29.1 Å². The molecule has 2 nitrogen and oxygen atoms in total. The summed E-state index contributed by atoms with van der Waals surface area (Å²) in [4.78, 5) is 12.3. The first kappa shape index (κ1) is 11.8. The quantitative estimate of drug-likeness (QED) is 0.861. The highest BCUT2D eigenvalue weighted by molar-refractivity contribution is 7.99. The number of thioether (sulfide) groups is 1. The smallest absolute Gasteiger partial charge is 0.345 e. The molecule has 0 radical (unpaired) electrons. The van der Waals surface area contributed by atoms with E-state index in [1.807, 2.05) is 5.38 Å².